The zero-order valence-corrected chi connectivity index (χ0v) is 18.9. The molecule has 2 aromatic carbocycles. The van der Waals surface area contributed by atoms with Gasteiger partial charge in [-0.05, 0) is 78.7 Å². The molecule has 2 aliphatic carbocycles. The van der Waals surface area contributed by atoms with Crippen molar-refractivity contribution in [3.8, 4) is 11.3 Å². The van der Waals surface area contributed by atoms with Crippen molar-refractivity contribution in [1.29, 1.82) is 0 Å². The van der Waals surface area contributed by atoms with Gasteiger partial charge in [-0.3, -0.25) is 0 Å². The summed E-state index contributed by atoms with van der Waals surface area (Å²) in [5.74, 6) is 1.38. The van der Waals surface area contributed by atoms with Gasteiger partial charge in [0.1, 0.15) is 7.05 Å². The molecule has 3 aromatic rings. The Balaban J connectivity index is 1.69. The van der Waals surface area contributed by atoms with E-state index in [0.29, 0.717) is 17.9 Å². The van der Waals surface area contributed by atoms with Crippen LogP contribution in [0.25, 0.3) is 22.0 Å². The van der Waals surface area contributed by atoms with Gasteiger partial charge < -0.3 is 0 Å². The average molecular weight is 400 g/mol. The highest BCUT2D eigenvalue weighted by molar-refractivity contribution is 5.94. The molecule has 1 heterocycles. The molecule has 0 bridgehead atoms. The number of benzene rings is 2. The van der Waals surface area contributed by atoms with Gasteiger partial charge in [0.25, 0.3) is 0 Å². The third kappa shape index (κ3) is 3.57. The lowest BCUT2D eigenvalue weighted by atomic mass is 9.83. The Bertz CT molecular complexity index is 1120. The van der Waals surface area contributed by atoms with Gasteiger partial charge in [-0.2, -0.15) is 4.57 Å². The van der Waals surface area contributed by atoms with E-state index in [1.54, 1.807) is 0 Å². The van der Waals surface area contributed by atoms with Gasteiger partial charge in [-0.15, -0.1) is 0 Å². The zero-order chi connectivity index (χ0) is 21.5. The molecule has 0 aliphatic heterocycles. The Morgan fingerprint density at radius 2 is 1.40 bits per heavy atom. The molecule has 2 fully saturated rings. The second kappa shape index (κ2) is 8.17. The third-order valence-electron chi connectivity index (χ3n) is 7.87. The molecule has 2 aliphatic rings. The lowest BCUT2D eigenvalue weighted by molar-refractivity contribution is -0.665. The van der Waals surface area contributed by atoms with Crippen molar-refractivity contribution in [2.75, 3.05) is 0 Å². The van der Waals surface area contributed by atoms with Crippen LogP contribution in [-0.4, -0.2) is 0 Å². The first kappa shape index (κ1) is 18.6. The first-order valence-electron chi connectivity index (χ1n) is 12.6. The predicted octanol–water partition coefficient (Wildman–Crippen LogP) is 7.65. The maximum absolute atomic E-state index is 8.91. The molecule has 1 heteroatoms. The van der Waals surface area contributed by atoms with E-state index in [1.807, 2.05) is 0 Å². The van der Waals surface area contributed by atoms with Crippen LogP contribution >= 0.6 is 0 Å². The summed E-state index contributed by atoms with van der Waals surface area (Å²) < 4.78 is 11.2. The number of nitrogens with zero attached hydrogens (tertiary/aromatic N) is 1. The fourth-order valence-corrected chi connectivity index (χ4v) is 5.92. The van der Waals surface area contributed by atoms with E-state index < -0.39 is 0 Å². The number of rotatable bonds is 3. The second-order valence-electron chi connectivity index (χ2n) is 9.81. The van der Waals surface area contributed by atoms with Crippen LogP contribution in [0.2, 0.25) is 0 Å². The van der Waals surface area contributed by atoms with Gasteiger partial charge in [-0.25, -0.2) is 0 Å². The number of pyridine rings is 1. The van der Waals surface area contributed by atoms with Crippen molar-refractivity contribution in [2.24, 2.45) is 7.05 Å². The number of fused-ring (bicyclic) bond motifs is 1. The van der Waals surface area contributed by atoms with E-state index in [-0.39, 0.29) is 0 Å². The summed E-state index contributed by atoms with van der Waals surface area (Å²) in [6.45, 7) is 4.34. The Morgan fingerprint density at radius 3 is 2.10 bits per heavy atom. The molecule has 0 saturated heterocycles. The highest BCUT2D eigenvalue weighted by Crippen LogP contribution is 2.39. The largest absolute Gasteiger partial charge is 0.220 e. The lowest BCUT2D eigenvalue weighted by Crippen LogP contribution is -2.35. The Hall–Kier alpha value is -2.15. The normalized spacial score (nSPS) is 18.8. The summed E-state index contributed by atoms with van der Waals surface area (Å²) in [7, 11) is 2.14. The molecule has 156 valence electrons. The van der Waals surface area contributed by atoms with Crippen molar-refractivity contribution in [1.82, 2.24) is 0 Å². The van der Waals surface area contributed by atoms with E-state index >= 15 is 0 Å². The maximum atomic E-state index is 8.91. The van der Waals surface area contributed by atoms with Crippen molar-refractivity contribution >= 4 is 10.8 Å². The van der Waals surface area contributed by atoms with Crippen molar-refractivity contribution in [3.63, 3.8) is 0 Å². The van der Waals surface area contributed by atoms with Gasteiger partial charge in [0.2, 0.25) is 5.69 Å². The minimum absolute atomic E-state index is 0.669. The summed E-state index contributed by atoms with van der Waals surface area (Å²) in [6, 6.07) is 14.8. The number of aryl methyl sites for hydroxylation is 1. The van der Waals surface area contributed by atoms with Crippen molar-refractivity contribution in [3.05, 3.63) is 64.8 Å². The fraction of sp³-hybridized carbons (Fsp3) is 0.483. The summed E-state index contributed by atoms with van der Waals surface area (Å²) in [6.07, 6.45) is 12.0. The van der Waals surface area contributed by atoms with E-state index in [0.717, 1.165) is 11.1 Å². The van der Waals surface area contributed by atoms with Gasteiger partial charge in [0, 0.05) is 18.5 Å². The van der Waals surface area contributed by atoms with Gasteiger partial charge in [-0.1, -0.05) is 56.4 Å². The summed E-state index contributed by atoms with van der Waals surface area (Å²) >= 11 is 0. The van der Waals surface area contributed by atoms with Crippen molar-refractivity contribution in [2.45, 2.75) is 83.5 Å². The third-order valence-corrected chi connectivity index (χ3v) is 7.87. The zero-order valence-electron chi connectivity index (χ0n) is 19.9. The summed E-state index contributed by atoms with van der Waals surface area (Å²) in [5, 5.41) is 2.35. The molecule has 0 radical (unpaired) electrons. The molecule has 1 aromatic heterocycles. The van der Waals surface area contributed by atoms with Crippen LogP contribution in [0.15, 0.2) is 42.4 Å². The Morgan fingerprint density at radius 1 is 0.800 bits per heavy atom. The molecule has 0 spiro atoms. The fourth-order valence-electron chi connectivity index (χ4n) is 5.92. The van der Waals surface area contributed by atoms with Gasteiger partial charge >= 0.3 is 0 Å². The standard InChI is InChI=1S/C29H36N/c1-20-13-14-25(23-11-7-8-12-23)19-28(20)29-27-16-15-24(22-9-5-4-6-10-22)18-26(27)17-21(2)30(29)3/h13-19,22-23H,4-12H2,1-3H3/q+1/i17D. The highest BCUT2D eigenvalue weighted by atomic mass is 14.9. The highest BCUT2D eigenvalue weighted by Gasteiger charge is 2.24. The van der Waals surface area contributed by atoms with Gasteiger partial charge in [0.15, 0.2) is 5.69 Å². The van der Waals surface area contributed by atoms with Gasteiger partial charge in [0.05, 0.1) is 6.76 Å². The van der Waals surface area contributed by atoms with Crippen LogP contribution in [0.5, 0.6) is 0 Å². The van der Waals surface area contributed by atoms with Crippen LogP contribution in [-0.2, 0) is 7.05 Å². The number of aromatic nitrogens is 1. The molecule has 0 amide bonds. The van der Waals surface area contributed by atoms with E-state index in [9.17, 15) is 0 Å². The summed E-state index contributed by atoms with van der Waals surface area (Å²) in [4.78, 5) is 0. The van der Waals surface area contributed by atoms with Crippen LogP contribution in [0.1, 0.15) is 93.4 Å². The number of hydrogen-bond donors (Lipinski definition) is 0. The Kier molecular flexibility index (Phi) is 5.07. The van der Waals surface area contributed by atoms with Crippen LogP contribution in [0.3, 0.4) is 0 Å². The van der Waals surface area contributed by atoms with Crippen LogP contribution in [0, 0.1) is 13.8 Å². The van der Waals surface area contributed by atoms with Crippen LogP contribution < -0.4 is 4.57 Å². The molecular formula is C29H36N+. The number of hydrogen-bond acceptors (Lipinski definition) is 0. The minimum Gasteiger partial charge on any atom is -0.198 e. The molecule has 1 nitrogen and oxygen atoms in total. The molecule has 30 heavy (non-hydrogen) atoms. The summed E-state index contributed by atoms with van der Waals surface area (Å²) in [5.41, 5.74) is 7.93. The van der Waals surface area contributed by atoms with E-state index in [4.69, 9.17) is 1.37 Å². The average Bonchev–Trinajstić information content (AvgIpc) is 3.34. The SMILES string of the molecule is [2H]c1c(C)[n+](C)c(-c2cc(C3CCCC3)ccc2C)c2ccc(C3CCCCC3)cc12. The quantitative estimate of drug-likeness (QED) is 0.398. The van der Waals surface area contributed by atoms with Crippen molar-refractivity contribution < 1.29 is 5.94 Å². The monoisotopic (exact) mass is 399 g/mol. The molecule has 5 rings (SSSR count). The lowest BCUT2D eigenvalue weighted by Gasteiger charge is -2.22. The first-order chi connectivity index (χ1) is 15.0. The van der Waals surface area contributed by atoms with E-state index in [1.165, 1.54) is 91.1 Å². The molecule has 2 saturated carbocycles. The molecule has 0 unspecified atom stereocenters. The minimum atomic E-state index is 0.669. The predicted molar refractivity (Wildman–Crippen MR) is 127 cm³/mol. The topological polar surface area (TPSA) is 3.88 Å². The smallest absolute Gasteiger partial charge is 0.198 e. The molecule has 0 N–H and O–H groups in total. The second-order valence-corrected chi connectivity index (χ2v) is 9.81. The molecule has 0 atom stereocenters. The first-order valence-corrected chi connectivity index (χ1v) is 12.1. The van der Waals surface area contributed by atoms with E-state index in [2.05, 4.69) is 61.9 Å². The molecular weight excluding hydrogens is 362 g/mol. The maximum Gasteiger partial charge on any atom is 0.220 e. The van der Waals surface area contributed by atoms with Crippen LogP contribution in [0.4, 0.5) is 0 Å². The Labute approximate surface area is 183 Å².